The van der Waals surface area contributed by atoms with Crippen LogP contribution in [0.4, 0.5) is 4.79 Å². The molecular weight excluding hydrogens is 436 g/mol. The molecule has 0 radical (unpaired) electrons. The molecule has 0 spiro atoms. The summed E-state index contributed by atoms with van der Waals surface area (Å²) in [5, 5.41) is 7.41. The van der Waals surface area contributed by atoms with Crippen LogP contribution in [0.3, 0.4) is 0 Å². The van der Waals surface area contributed by atoms with Crippen molar-refractivity contribution in [2.24, 2.45) is 0 Å². The van der Waals surface area contributed by atoms with Crippen LogP contribution >= 0.6 is 0 Å². The molecule has 1 aliphatic heterocycles. The standard InChI is InChI=1S/C25H26N4O5/c1-4-25(19-8-6-5-7-9-19)23(31)29(24(32)26-25)27-22(30)14-18-10-12-20(13-11-18)33-15-21-16(2)28-34-17(21)3/h5-13H,4,14-15H2,1-3H3,(H,26,32)(H,27,30). The minimum absolute atomic E-state index is 0.00827. The Morgan fingerprint density at radius 3 is 2.44 bits per heavy atom. The number of amides is 4. The third-order valence-electron chi connectivity index (χ3n) is 5.98. The van der Waals surface area contributed by atoms with E-state index in [0.717, 1.165) is 16.3 Å². The minimum Gasteiger partial charge on any atom is -0.489 e. The average Bonchev–Trinajstić information content (AvgIpc) is 3.29. The molecule has 1 aliphatic rings. The first-order valence-electron chi connectivity index (χ1n) is 11.0. The van der Waals surface area contributed by atoms with E-state index in [-0.39, 0.29) is 6.42 Å². The maximum atomic E-state index is 13.1. The molecule has 1 atom stereocenters. The van der Waals surface area contributed by atoms with Crippen molar-refractivity contribution in [3.05, 3.63) is 82.7 Å². The fourth-order valence-electron chi connectivity index (χ4n) is 3.96. The van der Waals surface area contributed by atoms with E-state index in [1.54, 1.807) is 48.5 Å². The summed E-state index contributed by atoms with van der Waals surface area (Å²) >= 11 is 0. The topological polar surface area (TPSA) is 114 Å². The van der Waals surface area contributed by atoms with Crippen molar-refractivity contribution in [1.29, 1.82) is 0 Å². The zero-order chi connectivity index (χ0) is 24.3. The molecule has 0 aliphatic carbocycles. The number of rotatable bonds is 8. The Bertz CT molecular complexity index is 1190. The number of imide groups is 1. The molecular formula is C25H26N4O5. The number of hydrazine groups is 1. The zero-order valence-corrected chi connectivity index (χ0v) is 19.3. The van der Waals surface area contributed by atoms with Gasteiger partial charge in [-0.1, -0.05) is 54.5 Å². The van der Waals surface area contributed by atoms with E-state index in [1.165, 1.54) is 0 Å². The summed E-state index contributed by atoms with van der Waals surface area (Å²) in [7, 11) is 0. The van der Waals surface area contributed by atoms with Crippen molar-refractivity contribution in [2.75, 3.05) is 0 Å². The number of hydrogen-bond donors (Lipinski definition) is 2. The molecule has 2 heterocycles. The van der Waals surface area contributed by atoms with Gasteiger partial charge in [0.25, 0.3) is 5.91 Å². The number of benzene rings is 2. The van der Waals surface area contributed by atoms with Crippen LogP contribution in [0.1, 0.15) is 41.5 Å². The third-order valence-corrected chi connectivity index (χ3v) is 5.98. The summed E-state index contributed by atoms with van der Waals surface area (Å²) in [6.07, 6.45) is 0.342. The monoisotopic (exact) mass is 462 g/mol. The van der Waals surface area contributed by atoms with Crippen LogP contribution in [-0.4, -0.2) is 28.0 Å². The molecule has 1 unspecified atom stereocenters. The van der Waals surface area contributed by atoms with Crippen molar-refractivity contribution < 1.29 is 23.6 Å². The van der Waals surface area contributed by atoms with Gasteiger partial charge in [-0.25, -0.2) is 4.79 Å². The number of urea groups is 1. The molecule has 1 fully saturated rings. The second-order valence-corrected chi connectivity index (χ2v) is 8.14. The lowest BCUT2D eigenvalue weighted by Gasteiger charge is -2.25. The first kappa shape index (κ1) is 23.0. The van der Waals surface area contributed by atoms with Crippen molar-refractivity contribution in [2.45, 2.75) is 45.8 Å². The van der Waals surface area contributed by atoms with E-state index < -0.39 is 23.4 Å². The number of ether oxygens (including phenoxy) is 1. The number of nitrogens with zero attached hydrogens (tertiary/aromatic N) is 2. The molecule has 9 heteroatoms. The lowest BCUT2D eigenvalue weighted by molar-refractivity contribution is -0.139. The number of hydrogen-bond acceptors (Lipinski definition) is 6. The molecule has 2 N–H and O–H groups in total. The Hall–Kier alpha value is -4.14. The predicted octanol–water partition coefficient (Wildman–Crippen LogP) is 3.30. The fourth-order valence-corrected chi connectivity index (χ4v) is 3.96. The quantitative estimate of drug-likeness (QED) is 0.497. The van der Waals surface area contributed by atoms with Crippen LogP contribution in [0, 0.1) is 13.8 Å². The largest absolute Gasteiger partial charge is 0.489 e. The Morgan fingerprint density at radius 1 is 1.12 bits per heavy atom. The minimum atomic E-state index is -1.20. The van der Waals surface area contributed by atoms with E-state index in [0.29, 0.717) is 35.7 Å². The molecule has 176 valence electrons. The Labute approximate surface area is 197 Å². The van der Waals surface area contributed by atoms with Gasteiger partial charge in [-0.05, 0) is 43.5 Å². The van der Waals surface area contributed by atoms with Gasteiger partial charge >= 0.3 is 6.03 Å². The van der Waals surface area contributed by atoms with E-state index in [2.05, 4.69) is 15.9 Å². The molecule has 4 amide bonds. The van der Waals surface area contributed by atoms with E-state index >= 15 is 0 Å². The van der Waals surface area contributed by atoms with Gasteiger partial charge in [0.2, 0.25) is 5.91 Å². The van der Waals surface area contributed by atoms with Crippen LogP contribution < -0.4 is 15.5 Å². The molecule has 3 aromatic rings. The van der Waals surface area contributed by atoms with Gasteiger partial charge in [-0.3, -0.25) is 15.0 Å². The molecule has 1 aromatic heterocycles. The number of aryl methyl sites for hydroxylation is 2. The lowest BCUT2D eigenvalue weighted by Crippen LogP contribution is -2.49. The Morgan fingerprint density at radius 2 is 1.82 bits per heavy atom. The van der Waals surface area contributed by atoms with Gasteiger partial charge in [-0.15, -0.1) is 0 Å². The van der Waals surface area contributed by atoms with Gasteiger partial charge in [-0.2, -0.15) is 5.01 Å². The van der Waals surface area contributed by atoms with E-state index in [1.807, 2.05) is 26.8 Å². The first-order valence-corrected chi connectivity index (χ1v) is 11.0. The van der Waals surface area contributed by atoms with E-state index in [4.69, 9.17) is 9.26 Å². The highest BCUT2D eigenvalue weighted by Gasteiger charge is 2.52. The van der Waals surface area contributed by atoms with Crippen LogP contribution in [0.5, 0.6) is 5.75 Å². The highest BCUT2D eigenvalue weighted by atomic mass is 16.5. The van der Waals surface area contributed by atoms with Crippen LogP contribution in [-0.2, 0) is 28.2 Å². The molecule has 34 heavy (non-hydrogen) atoms. The van der Waals surface area contributed by atoms with Gasteiger partial charge in [0.05, 0.1) is 17.7 Å². The average molecular weight is 463 g/mol. The predicted molar refractivity (Wildman–Crippen MR) is 122 cm³/mol. The normalized spacial score (nSPS) is 17.6. The molecule has 1 saturated heterocycles. The number of aromatic nitrogens is 1. The summed E-state index contributed by atoms with van der Waals surface area (Å²) in [6, 6.07) is 15.4. The van der Waals surface area contributed by atoms with Crippen LogP contribution in [0.2, 0.25) is 0 Å². The van der Waals surface area contributed by atoms with Gasteiger partial charge < -0.3 is 14.6 Å². The number of carbonyl (C=O) groups is 3. The Kier molecular flexibility index (Phi) is 6.36. The zero-order valence-electron chi connectivity index (χ0n) is 19.3. The molecule has 0 bridgehead atoms. The first-order chi connectivity index (χ1) is 16.3. The summed E-state index contributed by atoms with van der Waals surface area (Å²) in [5.41, 5.74) is 4.29. The van der Waals surface area contributed by atoms with Crippen molar-refractivity contribution in [3.8, 4) is 5.75 Å². The fraction of sp³-hybridized carbons (Fsp3) is 0.280. The molecule has 2 aromatic carbocycles. The Balaban J connectivity index is 1.37. The highest BCUT2D eigenvalue weighted by Crippen LogP contribution is 2.31. The van der Waals surface area contributed by atoms with Gasteiger partial charge in [0, 0.05) is 0 Å². The van der Waals surface area contributed by atoms with Crippen molar-refractivity contribution in [3.63, 3.8) is 0 Å². The highest BCUT2D eigenvalue weighted by molar-refractivity contribution is 6.08. The molecule has 0 saturated carbocycles. The van der Waals surface area contributed by atoms with Crippen molar-refractivity contribution in [1.82, 2.24) is 20.9 Å². The van der Waals surface area contributed by atoms with Crippen molar-refractivity contribution >= 4 is 17.8 Å². The smallest absolute Gasteiger partial charge is 0.344 e. The molecule has 9 nitrogen and oxygen atoms in total. The second-order valence-electron chi connectivity index (χ2n) is 8.14. The van der Waals surface area contributed by atoms with Gasteiger partial charge in [0.15, 0.2) is 0 Å². The SMILES string of the molecule is CCC1(c2ccccc2)NC(=O)N(NC(=O)Cc2ccc(OCc3c(C)noc3C)cc2)C1=O. The lowest BCUT2D eigenvalue weighted by atomic mass is 9.87. The van der Waals surface area contributed by atoms with Crippen LogP contribution in [0.15, 0.2) is 59.1 Å². The summed E-state index contributed by atoms with van der Waals surface area (Å²) in [5.74, 6) is 0.356. The maximum Gasteiger partial charge on any atom is 0.344 e. The number of nitrogens with one attached hydrogen (secondary N) is 2. The summed E-state index contributed by atoms with van der Waals surface area (Å²) < 4.78 is 10.9. The second kappa shape index (κ2) is 9.38. The summed E-state index contributed by atoms with van der Waals surface area (Å²) in [6.45, 7) is 5.82. The molecule has 4 rings (SSSR count). The maximum absolute atomic E-state index is 13.1. The third kappa shape index (κ3) is 4.36. The van der Waals surface area contributed by atoms with Crippen LogP contribution in [0.25, 0.3) is 0 Å². The van der Waals surface area contributed by atoms with E-state index in [9.17, 15) is 14.4 Å². The van der Waals surface area contributed by atoms with Gasteiger partial charge in [0.1, 0.15) is 23.7 Å². The summed E-state index contributed by atoms with van der Waals surface area (Å²) in [4.78, 5) is 38.3. The number of carbonyl (C=O) groups excluding carboxylic acids is 3.